The lowest BCUT2D eigenvalue weighted by molar-refractivity contribution is -0.121. The Hall–Kier alpha value is -3.16. The number of piperidine rings is 1. The number of nitrogens with zero attached hydrogens (tertiary/aromatic N) is 5. The lowest BCUT2D eigenvalue weighted by atomic mass is 9.72. The standard InChI is InChI=1S/C32H43F4N7O6S/c1-21-14-47-15-22(2)43(21)30(44)26-11-23(33)3-6-27(26)49-28-12-37-20-38-29(28)42-18-31(19-42)7-9-41(10-8-31)13-25-5-4-24(16-48-25)40-50(45,46)39-17-32(34,35)36/h3,6,11-12,20-22,24-25,39-40H,4-5,7-10,13-19H2,1-2H3/t21-,22-,24-,25+/m1/s1. The largest absolute Gasteiger partial charge is 0.451 e. The van der Waals surface area contributed by atoms with Gasteiger partial charge in [0.25, 0.3) is 16.1 Å². The molecule has 0 radical (unpaired) electrons. The van der Waals surface area contributed by atoms with Gasteiger partial charge in [0.2, 0.25) is 0 Å². The summed E-state index contributed by atoms with van der Waals surface area (Å²) < 4.78 is 96.9. The Morgan fingerprint density at radius 1 is 1.08 bits per heavy atom. The van der Waals surface area contributed by atoms with Crippen molar-refractivity contribution in [2.75, 3.05) is 64.0 Å². The van der Waals surface area contributed by atoms with Crippen LogP contribution in [-0.2, 0) is 19.7 Å². The number of morpholine rings is 1. The predicted molar refractivity (Wildman–Crippen MR) is 174 cm³/mol. The minimum Gasteiger partial charge on any atom is -0.451 e. The van der Waals surface area contributed by atoms with E-state index in [1.54, 1.807) is 11.1 Å². The summed E-state index contributed by atoms with van der Waals surface area (Å²) in [5.74, 6) is 0.301. The van der Waals surface area contributed by atoms with Gasteiger partial charge in [-0.3, -0.25) is 4.79 Å². The number of anilines is 1. The highest BCUT2D eigenvalue weighted by molar-refractivity contribution is 7.87. The summed E-state index contributed by atoms with van der Waals surface area (Å²) in [5.41, 5.74) is 0.211. The van der Waals surface area contributed by atoms with E-state index in [-0.39, 0.29) is 47.4 Å². The summed E-state index contributed by atoms with van der Waals surface area (Å²) in [5, 5.41) is 0. The number of amides is 1. The maximum Gasteiger partial charge on any atom is 0.402 e. The molecule has 0 saturated carbocycles. The smallest absolute Gasteiger partial charge is 0.402 e. The van der Waals surface area contributed by atoms with Gasteiger partial charge >= 0.3 is 6.18 Å². The van der Waals surface area contributed by atoms with E-state index in [4.69, 9.17) is 14.2 Å². The monoisotopic (exact) mass is 729 g/mol. The molecule has 4 atom stereocenters. The molecule has 4 aliphatic rings. The fraction of sp³-hybridized carbons (Fsp3) is 0.656. The van der Waals surface area contributed by atoms with Gasteiger partial charge in [-0.15, -0.1) is 0 Å². The van der Waals surface area contributed by atoms with Crippen LogP contribution in [0, 0.1) is 11.2 Å². The first-order valence-electron chi connectivity index (χ1n) is 16.8. The minimum absolute atomic E-state index is 0.0900. The number of likely N-dealkylation sites (tertiary alicyclic amines) is 1. The van der Waals surface area contributed by atoms with E-state index in [0.717, 1.165) is 39.0 Å². The molecule has 276 valence electrons. The van der Waals surface area contributed by atoms with Crippen molar-refractivity contribution < 1.29 is 45.0 Å². The van der Waals surface area contributed by atoms with E-state index in [2.05, 4.69) is 24.5 Å². The van der Waals surface area contributed by atoms with Crippen molar-refractivity contribution in [3.8, 4) is 11.5 Å². The molecule has 4 saturated heterocycles. The molecule has 1 amide bonds. The molecule has 18 heteroatoms. The van der Waals surface area contributed by atoms with Crippen molar-refractivity contribution in [2.24, 2.45) is 5.41 Å². The number of hydrogen-bond donors (Lipinski definition) is 2. The number of ether oxygens (including phenoxy) is 3. The Kier molecular flexibility index (Phi) is 10.9. The Morgan fingerprint density at radius 3 is 2.46 bits per heavy atom. The van der Waals surface area contributed by atoms with E-state index in [9.17, 15) is 30.8 Å². The van der Waals surface area contributed by atoms with Crippen LogP contribution in [0.1, 0.15) is 49.9 Å². The van der Waals surface area contributed by atoms with Gasteiger partial charge in [0.15, 0.2) is 11.6 Å². The number of carbonyl (C=O) groups is 1. The van der Waals surface area contributed by atoms with Crippen LogP contribution < -0.4 is 19.1 Å². The number of halogens is 4. The molecule has 2 aromatic rings. The van der Waals surface area contributed by atoms with Gasteiger partial charge < -0.3 is 28.9 Å². The molecule has 50 heavy (non-hydrogen) atoms. The van der Waals surface area contributed by atoms with Gasteiger partial charge in [-0.2, -0.15) is 31.0 Å². The number of aromatic nitrogens is 2. The van der Waals surface area contributed by atoms with Crippen LogP contribution in [0.4, 0.5) is 23.4 Å². The van der Waals surface area contributed by atoms with Crippen molar-refractivity contribution in [3.63, 3.8) is 0 Å². The van der Waals surface area contributed by atoms with Crippen molar-refractivity contribution >= 4 is 21.9 Å². The van der Waals surface area contributed by atoms with E-state index in [1.165, 1.54) is 29.2 Å². The van der Waals surface area contributed by atoms with Crippen LogP contribution in [0.15, 0.2) is 30.7 Å². The summed E-state index contributed by atoms with van der Waals surface area (Å²) in [6.45, 7) is 6.96. The SMILES string of the molecule is C[C@@H]1COC[C@@H](C)N1C(=O)c1cc(F)ccc1Oc1cncnc1N1CC2(CCN(C[C@@H]3CC[C@@H](NS(=O)(=O)NCC(F)(F)F)CO3)CC2)C1. The number of rotatable bonds is 10. The maximum absolute atomic E-state index is 14.4. The molecule has 0 aliphatic carbocycles. The summed E-state index contributed by atoms with van der Waals surface area (Å²) in [4.78, 5) is 28.5. The molecule has 4 aliphatic heterocycles. The lowest BCUT2D eigenvalue weighted by Crippen LogP contribution is -2.61. The third-order valence-corrected chi connectivity index (χ3v) is 11.0. The van der Waals surface area contributed by atoms with E-state index < -0.39 is 34.8 Å². The predicted octanol–water partition coefficient (Wildman–Crippen LogP) is 3.09. The average molecular weight is 730 g/mol. The van der Waals surface area contributed by atoms with Gasteiger partial charge in [-0.05, 0) is 70.8 Å². The van der Waals surface area contributed by atoms with E-state index in [0.29, 0.717) is 44.2 Å². The topological polar surface area (TPSA) is 138 Å². The fourth-order valence-corrected chi connectivity index (χ4v) is 8.31. The zero-order valence-electron chi connectivity index (χ0n) is 28.0. The van der Waals surface area contributed by atoms with Crippen molar-refractivity contribution in [2.45, 2.75) is 69.9 Å². The normalized spacial score (nSPS) is 26.1. The molecule has 5 heterocycles. The first kappa shape index (κ1) is 36.6. The number of carbonyl (C=O) groups excluding carboxylic acids is 1. The highest BCUT2D eigenvalue weighted by Crippen LogP contribution is 2.45. The minimum atomic E-state index is -4.64. The van der Waals surface area contributed by atoms with Crippen LogP contribution in [0.5, 0.6) is 11.5 Å². The van der Waals surface area contributed by atoms with Gasteiger partial charge in [0.05, 0.1) is 49.8 Å². The highest BCUT2D eigenvalue weighted by atomic mass is 32.2. The Bertz CT molecular complexity index is 1600. The fourth-order valence-electron chi connectivity index (χ4n) is 7.25. The molecule has 1 spiro atoms. The lowest BCUT2D eigenvalue weighted by Gasteiger charge is -2.54. The van der Waals surface area contributed by atoms with Gasteiger partial charge in [0, 0.05) is 31.1 Å². The summed E-state index contributed by atoms with van der Waals surface area (Å²) in [7, 11) is -4.29. The van der Waals surface area contributed by atoms with Crippen LogP contribution in [-0.4, -0.2) is 124 Å². The van der Waals surface area contributed by atoms with E-state index >= 15 is 0 Å². The Labute approximate surface area is 288 Å². The zero-order chi connectivity index (χ0) is 35.7. The molecule has 2 N–H and O–H groups in total. The van der Waals surface area contributed by atoms with Gasteiger partial charge in [0.1, 0.15) is 24.4 Å². The van der Waals surface area contributed by atoms with Crippen LogP contribution >= 0.6 is 0 Å². The second-order valence-corrected chi connectivity index (χ2v) is 15.4. The van der Waals surface area contributed by atoms with Crippen molar-refractivity contribution in [3.05, 3.63) is 42.1 Å². The molecular weight excluding hydrogens is 686 g/mol. The van der Waals surface area contributed by atoms with Crippen LogP contribution in [0.25, 0.3) is 0 Å². The van der Waals surface area contributed by atoms with Crippen LogP contribution in [0.2, 0.25) is 0 Å². The second-order valence-electron chi connectivity index (χ2n) is 13.8. The molecule has 13 nitrogen and oxygen atoms in total. The third kappa shape index (κ3) is 8.82. The van der Waals surface area contributed by atoms with E-state index in [1.807, 2.05) is 13.8 Å². The zero-order valence-corrected chi connectivity index (χ0v) is 28.8. The molecule has 6 rings (SSSR count). The number of hydrogen-bond acceptors (Lipinski definition) is 10. The quantitative estimate of drug-likeness (QED) is 0.351. The first-order chi connectivity index (χ1) is 23.7. The first-order valence-corrected chi connectivity index (χ1v) is 18.3. The maximum atomic E-state index is 14.4. The number of alkyl halides is 3. The molecular formula is C32H43F4N7O6S. The van der Waals surface area contributed by atoms with Crippen molar-refractivity contribution in [1.29, 1.82) is 0 Å². The summed E-state index contributed by atoms with van der Waals surface area (Å²) in [6, 6.07) is 2.95. The molecule has 0 unspecified atom stereocenters. The van der Waals surface area contributed by atoms with Crippen molar-refractivity contribution in [1.82, 2.24) is 29.2 Å². The summed E-state index contributed by atoms with van der Waals surface area (Å²) in [6.07, 6.45) is 1.23. The van der Waals surface area contributed by atoms with Gasteiger partial charge in [-0.1, -0.05) is 0 Å². The van der Waals surface area contributed by atoms with Gasteiger partial charge in [-0.25, -0.2) is 14.4 Å². The Morgan fingerprint density at radius 2 is 1.80 bits per heavy atom. The third-order valence-electron chi connectivity index (χ3n) is 9.84. The molecule has 1 aromatic carbocycles. The summed E-state index contributed by atoms with van der Waals surface area (Å²) >= 11 is 0. The second kappa shape index (κ2) is 14.8. The number of benzene rings is 1. The Balaban J connectivity index is 0.999. The average Bonchev–Trinajstić information content (AvgIpc) is 3.05. The molecule has 0 bridgehead atoms. The van der Waals surface area contributed by atoms with Crippen LogP contribution in [0.3, 0.4) is 0 Å². The highest BCUT2D eigenvalue weighted by Gasteiger charge is 2.46. The number of nitrogens with one attached hydrogen (secondary N) is 2. The molecule has 1 aromatic heterocycles. The molecule has 4 fully saturated rings.